The molecule has 100 valence electrons. The van der Waals surface area contributed by atoms with E-state index in [1.165, 1.54) is 4.90 Å². The van der Waals surface area contributed by atoms with Gasteiger partial charge >= 0.3 is 0 Å². The number of fused-ring (bicyclic) bond motifs is 1. The van der Waals surface area contributed by atoms with Gasteiger partial charge in [-0.1, -0.05) is 6.07 Å². The lowest BCUT2D eigenvalue weighted by atomic mass is 10.0. The lowest BCUT2D eigenvalue weighted by molar-refractivity contribution is 0.0626. The summed E-state index contributed by atoms with van der Waals surface area (Å²) in [5, 5.41) is 0. The Morgan fingerprint density at radius 1 is 1.21 bits per heavy atom. The Balaban J connectivity index is 1.84. The minimum atomic E-state index is -0.226. The van der Waals surface area contributed by atoms with Gasteiger partial charge in [0, 0.05) is 12.2 Å². The first kappa shape index (κ1) is 12.5. The molecule has 3 rings (SSSR count). The summed E-state index contributed by atoms with van der Waals surface area (Å²) in [7, 11) is 0. The first-order valence-electron chi connectivity index (χ1n) is 6.51. The second kappa shape index (κ2) is 4.89. The largest absolute Gasteiger partial charge is 0.398 e. The van der Waals surface area contributed by atoms with Crippen LogP contribution in [0, 0.1) is 5.92 Å². The standard InChI is InChI=1S/C14H16N2O2S/c15-11-3-1-2-10-12(11)14(18)16(13(10)17)8-9-4-6-19-7-5-9/h1-3,9H,4-8,15H2. The summed E-state index contributed by atoms with van der Waals surface area (Å²) < 4.78 is 0. The molecule has 2 aliphatic heterocycles. The van der Waals surface area contributed by atoms with E-state index in [2.05, 4.69) is 0 Å². The summed E-state index contributed by atoms with van der Waals surface area (Å²) in [6.07, 6.45) is 2.15. The van der Waals surface area contributed by atoms with Gasteiger partial charge in [-0.05, 0) is 42.4 Å². The molecule has 0 aliphatic carbocycles. The molecule has 2 heterocycles. The Hall–Kier alpha value is -1.49. The smallest absolute Gasteiger partial charge is 0.263 e. The third-order valence-corrected chi connectivity index (χ3v) is 4.86. The number of benzene rings is 1. The van der Waals surface area contributed by atoms with Gasteiger partial charge in [0.25, 0.3) is 11.8 Å². The van der Waals surface area contributed by atoms with Gasteiger partial charge in [-0.15, -0.1) is 0 Å². The van der Waals surface area contributed by atoms with Crippen molar-refractivity contribution in [3.8, 4) is 0 Å². The lowest BCUT2D eigenvalue weighted by Gasteiger charge is -2.25. The highest BCUT2D eigenvalue weighted by Gasteiger charge is 2.38. The van der Waals surface area contributed by atoms with Crippen LogP contribution in [-0.4, -0.2) is 34.8 Å². The average Bonchev–Trinajstić information content (AvgIpc) is 2.66. The molecule has 5 heteroatoms. The number of thioether (sulfide) groups is 1. The molecule has 0 unspecified atom stereocenters. The van der Waals surface area contributed by atoms with Crippen LogP contribution < -0.4 is 5.73 Å². The molecule has 0 aromatic heterocycles. The number of nitrogens with two attached hydrogens (primary N) is 1. The molecule has 0 bridgehead atoms. The van der Waals surface area contributed by atoms with Crippen molar-refractivity contribution in [2.75, 3.05) is 23.8 Å². The summed E-state index contributed by atoms with van der Waals surface area (Å²) in [6, 6.07) is 5.08. The summed E-state index contributed by atoms with van der Waals surface area (Å²) in [5.74, 6) is 2.26. The van der Waals surface area contributed by atoms with Crippen molar-refractivity contribution in [2.45, 2.75) is 12.8 Å². The van der Waals surface area contributed by atoms with Gasteiger partial charge in [0.2, 0.25) is 0 Å². The zero-order valence-corrected chi connectivity index (χ0v) is 11.4. The minimum absolute atomic E-state index is 0.189. The van der Waals surface area contributed by atoms with Crippen molar-refractivity contribution in [3.63, 3.8) is 0 Å². The predicted octanol–water partition coefficient (Wildman–Crippen LogP) is 2.01. The van der Waals surface area contributed by atoms with Crippen molar-refractivity contribution in [2.24, 2.45) is 5.92 Å². The van der Waals surface area contributed by atoms with Gasteiger partial charge < -0.3 is 5.73 Å². The van der Waals surface area contributed by atoms with Crippen LogP contribution in [0.3, 0.4) is 0 Å². The number of hydrogen-bond donors (Lipinski definition) is 1. The predicted molar refractivity (Wildman–Crippen MR) is 76.3 cm³/mol. The molecular weight excluding hydrogens is 260 g/mol. The molecule has 1 fully saturated rings. The van der Waals surface area contributed by atoms with Crippen molar-refractivity contribution in [3.05, 3.63) is 29.3 Å². The normalized spacial score (nSPS) is 19.9. The molecule has 2 amide bonds. The summed E-state index contributed by atoms with van der Waals surface area (Å²) >= 11 is 1.94. The molecule has 1 aromatic rings. The molecule has 0 saturated carbocycles. The van der Waals surface area contributed by atoms with Gasteiger partial charge in [-0.25, -0.2) is 0 Å². The Morgan fingerprint density at radius 3 is 2.63 bits per heavy atom. The second-order valence-electron chi connectivity index (χ2n) is 5.05. The van der Waals surface area contributed by atoms with Crippen molar-refractivity contribution >= 4 is 29.3 Å². The van der Waals surface area contributed by atoms with Gasteiger partial charge in [-0.2, -0.15) is 11.8 Å². The molecule has 0 atom stereocenters. The number of carbonyl (C=O) groups excluding carboxylic acids is 2. The zero-order chi connectivity index (χ0) is 13.4. The number of nitrogen functional groups attached to an aromatic ring is 1. The van der Waals surface area contributed by atoms with Crippen LogP contribution in [0.5, 0.6) is 0 Å². The van der Waals surface area contributed by atoms with E-state index in [-0.39, 0.29) is 11.8 Å². The zero-order valence-electron chi connectivity index (χ0n) is 10.6. The van der Waals surface area contributed by atoms with E-state index < -0.39 is 0 Å². The molecule has 2 aliphatic rings. The molecule has 0 radical (unpaired) electrons. The third-order valence-electron chi connectivity index (χ3n) is 3.81. The van der Waals surface area contributed by atoms with Gasteiger partial charge in [0.1, 0.15) is 0 Å². The van der Waals surface area contributed by atoms with Crippen molar-refractivity contribution < 1.29 is 9.59 Å². The maximum atomic E-state index is 12.3. The van der Waals surface area contributed by atoms with E-state index in [1.54, 1.807) is 18.2 Å². The molecule has 19 heavy (non-hydrogen) atoms. The maximum absolute atomic E-state index is 12.3. The summed E-state index contributed by atoms with van der Waals surface area (Å²) in [4.78, 5) is 26.0. The SMILES string of the molecule is Nc1cccc2c1C(=O)N(CC1CCSCC1)C2=O. The minimum Gasteiger partial charge on any atom is -0.398 e. The first-order chi connectivity index (χ1) is 9.18. The monoisotopic (exact) mass is 276 g/mol. The fourth-order valence-electron chi connectivity index (χ4n) is 2.71. The van der Waals surface area contributed by atoms with E-state index in [9.17, 15) is 9.59 Å². The van der Waals surface area contributed by atoms with Crippen LogP contribution in [0.25, 0.3) is 0 Å². The molecule has 1 saturated heterocycles. The van der Waals surface area contributed by atoms with E-state index in [0.29, 0.717) is 29.3 Å². The number of rotatable bonds is 2. The average molecular weight is 276 g/mol. The van der Waals surface area contributed by atoms with E-state index >= 15 is 0 Å². The van der Waals surface area contributed by atoms with Crippen LogP contribution in [0.1, 0.15) is 33.6 Å². The second-order valence-corrected chi connectivity index (χ2v) is 6.27. The highest BCUT2D eigenvalue weighted by Crippen LogP contribution is 2.30. The van der Waals surface area contributed by atoms with Crippen LogP contribution in [0.4, 0.5) is 5.69 Å². The van der Waals surface area contributed by atoms with Gasteiger partial charge in [0.15, 0.2) is 0 Å². The van der Waals surface area contributed by atoms with Crippen molar-refractivity contribution in [1.29, 1.82) is 0 Å². The van der Waals surface area contributed by atoms with Gasteiger partial charge in [0.05, 0.1) is 11.1 Å². The number of imide groups is 1. The lowest BCUT2D eigenvalue weighted by Crippen LogP contribution is -2.35. The van der Waals surface area contributed by atoms with Crippen LogP contribution >= 0.6 is 11.8 Å². The molecule has 0 spiro atoms. The topological polar surface area (TPSA) is 63.4 Å². The molecule has 1 aromatic carbocycles. The Bertz CT molecular complexity index is 538. The van der Waals surface area contributed by atoms with Crippen LogP contribution in [-0.2, 0) is 0 Å². The quantitative estimate of drug-likeness (QED) is 0.663. The van der Waals surface area contributed by atoms with Crippen LogP contribution in [0.2, 0.25) is 0 Å². The Kier molecular flexibility index (Phi) is 3.22. The number of nitrogens with zero attached hydrogens (tertiary/aromatic N) is 1. The Labute approximate surface area is 116 Å². The number of hydrogen-bond acceptors (Lipinski definition) is 4. The maximum Gasteiger partial charge on any atom is 0.263 e. The van der Waals surface area contributed by atoms with Crippen LogP contribution in [0.15, 0.2) is 18.2 Å². The third kappa shape index (κ3) is 2.12. The molecule has 4 nitrogen and oxygen atoms in total. The van der Waals surface area contributed by atoms with Gasteiger partial charge in [-0.3, -0.25) is 14.5 Å². The summed E-state index contributed by atoms with van der Waals surface area (Å²) in [6.45, 7) is 0.534. The molecular formula is C14H16N2O2S. The van der Waals surface area contributed by atoms with Crippen molar-refractivity contribution in [1.82, 2.24) is 4.90 Å². The van der Waals surface area contributed by atoms with E-state index in [4.69, 9.17) is 5.73 Å². The molecule has 2 N–H and O–H groups in total. The van der Waals surface area contributed by atoms with E-state index in [1.807, 2.05) is 11.8 Å². The summed E-state index contributed by atoms with van der Waals surface area (Å²) in [5.41, 5.74) is 7.06. The number of amides is 2. The highest BCUT2D eigenvalue weighted by atomic mass is 32.2. The fourth-order valence-corrected chi connectivity index (χ4v) is 3.92. The Morgan fingerprint density at radius 2 is 1.95 bits per heavy atom. The highest BCUT2D eigenvalue weighted by molar-refractivity contribution is 7.99. The van der Waals surface area contributed by atoms with E-state index in [0.717, 1.165) is 24.3 Å². The fraction of sp³-hybridized carbons (Fsp3) is 0.429. The number of carbonyl (C=O) groups is 2. The number of anilines is 1. The first-order valence-corrected chi connectivity index (χ1v) is 7.66.